The van der Waals surface area contributed by atoms with Gasteiger partial charge in [-0.1, -0.05) is 39.8 Å². The third-order valence-corrected chi connectivity index (χ3v) is 4.55. The van der Waals surface area contributed by atoms with E-state index in [1.54, 1.807) is 0 Å². The maximum absolute atomic E-state index is 4.31. The first kappa shape index (κ1) is 15.9. The second-order valence-electron chi connectivity index (χ2n) is 4.30. The summed E-state index contributed by atoms with van der Waals surface area (Å²) in [4.78, 5) is 5.13. The maximum atomic E-state index is 4.31. The fourth-order valence-corrected chi connectivity index (χ4v) is 3.97. The van der Waals surface area contributed by atoms with E-state index in [1.165, 1.54) is 5.20 Å². The molecule has 0 radical (unpaired) electrons. The SMILES string of the molecule is C=C([SiH3])C(CC)(N(CC)CC)N(CC)CC. The minimum atomic E-state index is 0.110. The van der Waals surface area contributed by atoms with Gasteiger partial charge in [-0.2, -0.15) is 0 Å². The van der Waals surface area contributed by atoms with Crippen LogP contribution in [0, 0.1) is 0 Å². The van der Waals surface area contributed by atoms with Gasteiger partial charge in [0.15, 0.2) is 0 Å². The van der Waals surface area contributed by atoms with E-state index in [9.17, 15) is 0 Å². The quantitative estimate of drug-likeness (QED) is 0.472. The summed E-state index contributed by atoms with van der Waals surface area (Å²) in [6.45, 7) is 20.0. The van der Waals surface area contributed by atoms with Crippen molar-refractivity contribution >= 4 is 10.2 Å². The van der Waals surface area contributed by atoms with E-state index in [0.29, 0.717) is 0 Å². The molecule has 0 aliphatic heterocycles. The van der Waals surface area contributed by atoms with Crippen molar-refractivity contribution in [2.45, 2.75) is 46.7 Å². The molecule has 0 aromatic rings. The topological polar surface area (TPSA) is 6.48 Å². The fourth-order valence-electron chi connectivity index (χ4n) is 2.98. The molecule has 0 aromatic carbocycles. The van der Waals surface area contributed by atoms with Crippen LogP contribution < -0.4 is 0 Å². The van der Waals surface area contributed by atoms with E-state index in [-0.39, 0.29) is 5.66 Å². The third-order valence-electron chi connectivity index (χ3n) is 3.75. The Kier molecular flexibility index (Phi) is 7.20. The average Bonchev–Trinajstić information content (AvgIpc) is 2.29. The molecule has 0 aliphatic carbocycles. The van der Waals surface area contributed by atoms with Gasteiger partial charge in [0, 0.05) is 10.2 Å². The van der Waals surface area contributed by atoms with Gasteiger partial charge in [-0.15, -0.1) is 6.58 Å². The van der Waals surface area contributed by atoms with Gasteiger partial charge < -0.3 is 0 Å². The summed E-state index contributed by atoms with van der Waals surface area (Å²) in [5.74, 6) is 0. The summed E-state index contributed by atoms with van der Waals surface area (Å²) in [6.07, 6.45) is 1.14. The van der Waals surface area contributed by atoms with E-state index in [0.717, 1.165) is 42.8 Å². The first-order valence-electron chi connectivity index (χ1n) is 6.70. The largest absolute Gasteiger partial charge is 0.283 e. The van der Waals surface area contributed by atoms with E-state index >= 15 is 0 Å². The van der Waals surface area contributed by atoms with Crippen molar-refractivity contribution < 1.29 is 0 Å². The van der Waals surface area contributed by atoms with Gasteiger partial charge in [-0.05, 0) is 32.6 Å². The summed E-state index contributed by atoms with van der Waals surface area (Å²) in [7, 11) is 1.07. The number of nitrogens with zero attached hydrogens (tertiary/aromatic N) is 2. The van der Waals surface area contributed by atoms with Gasteiger partial charge in [-0.3, -0.25) is 9.80 Å². The van der Waals surface area contributed by atoms with Crippen LogP contribution in [0.15, 0.2) is 11.8 Å². The zero-order chi connectivity index (χ0) is 12.8. The predicted molar refractivity (Wildman–Crippen MR) is 77.9 cm³/mol. The van der Waals surface area contributed by atoms with Crippen LogP contribution in [-0.2, 0) is 0 Å². The second-order valence-corrected chi connectivity index (χ2v) is 5.50. The second kappa shape index (κ2) is 7.25. The van der Waals surface area contributed by atoms with Crippen LogP contribution in [0.5, 0.6) is 0 Å². The lowest BCUT2D eigenvalue weighted by atomic mass is 10.0. The molecule has 0 rings (SSSR count). The molecule has 0 amide bonds. The lowest BCUT2D eigenvalue weighted by Crippen LogP contribution is -2.61. The highest BCUT2D eigenvalue weighted by atomic mass is 28.1. The minimum absolute atomic E-state index is 0.110. The predicted octanol–water partition coefficient (Wildman–Crippen LogP) is 1.66. The molecule has 0 atom stereocenters. The molecular formula is C13H30N2Si. The maximum Gasteiger partial charge on any atom is 0.0908 e. The van der Waals surface area contributed by atoms with Crippen molar-refractivity contribution in [3.8, 4) is 0 Å². The monoisotopic (exact) mass is 242 g/mol. The molecule has 0 aromatic heterocycles. The van der Waals surface area contributed by atoms with Crippen LogP contribution in [0.3, 0.4) is 0 Å². The highest BCUT2D eigenvalue weighted by molar-refractivity contribution is 6.22. The highest BCUT2D eigenvalue weighted by Crippen LogP contribution is 2.29. The molecule has 0 fully saturated rings. The molecule has 0 aliphatic rings. The van der Waals surface area contributed by atoms with Crippen molar-refractivity contribution in [1.29, 1.82) is 0 Å². The normalized spacial score (nSPS) is 12.7. The van der Waals surface area contributed by atoms with E-state index in [4.69, 9.17) is 0 Å². The van der Waals surface area contributed by atoms with Crippen molar-refractivity contribution in [2.75, 3.05) is 26.2 Å². The van der Waals surface area contributed by atoms with Crippen LogP contribution in [0.1, 0.15) is 41.0 Å². The average molecular weight is 242 g/mol. The van der Waals surface area contributed by atoms with Crippen molar-refractivity contribution in [1.82, 2.24) is 9.80 Å². The lowest BCUT2D eigenvalue weighted by Gasteiger charge is -2.51. The van der Waals surface area contributed by atoms with Gasteiger partial charge >= 0.3 is 0 Å². The Bertz CT molecular complexity index is 196. The smallest absolute Gasteiger partial charge is 0.0908 e. The standard InChI is InChI=1S/C13H30N2Si/c1-7-13(12(6)16,14(8-2)9-3)15(10-4)11-5/h6-11H2,1-5,16H3. The Balaban J connectivity index is 5.36. The Hall–Kier alpha value is -0.123. The molecule has 3 heteroatoms. The number of likely N-dealkylation sites (N-methyl/N-ethyl adjacent to an activating group) is 2. The molecule has 0 unspecified atom stereocenters. The summed E-state index contributed by atoms with van der Waals surface area (Å²) >= 11 is 0. The Labute approximate surface area is 105 Å². The Morgan fingerprint density at radius 2 is 1.25 bits per heavy atom. The van der Waals surface area contributed by atoms with Crippen LogP contribution in [0.4, 0.5) is 0 Å². The third kappa shape index (κ3) is 2.76. The molecule has 0 saturated carbocycles. The molecule has 0 bridgehead atoms. The molecule has 16 heavy (non-hydrogen) atoms. The number of rotatable bonds is 8. The number of hydrogen-bond donors (Lipinski definition) is 0. The summed E-state index contributed by atoms with van der Waals surface area (Å²) in [5, 5.41) is 1.41. The summed E-state index contributed by atoms with van der Waals surface area (Å²) < 4.78 is 0. The molecule has 96 valence electrons. The van der Waals surface area contributed by atoms with Crippen LogP contribution in [0.2, 0.25) is 0 Å². The van der Waals surface area contributed by atoms with E-state index in [1.807, 2.05) is 0 Å². The van der Waals surface area contributed by atoms with Crippen LogP contribution >= 0.6 is 0 Å². The summed E-state index contributed by atoms with van der Waals surface area (Å²) in [6, 6.07) is 0. The molecule has 0 spiro atoms. The number of hydrogen-bond acceptors (Lipinski definition) is 2. The van der Waals surface area contributed by atoms with Gasteiger partial charge in [0.05, 0.1) is 5.66 Å². The van der Waals surface area contributed by atoms with E-state index < -0.39 is 0 Å². The first-order valence-corrected chi connectivity index (χ1v) is 7.70. The lowest BCUT2D eigenvalue weighted by molar-refractivity contribution is -0.0175. The van der Waals surface area contributed by atoms with Crippen molar-refractivity contribution in [2.24, 2.45) is 0 Å². The fraction of sp³-hybridized carbons (Fsp3) is 0.846. The summed E-state index contributed by atoms with van der Waals surface area (Å²) in [5.41, 5.74) is 0.110. The molecule has 0 saturated heterocycles. The molecule has 0 N–H and O–H groups in total. The van der Waals surface area contributed by atoms with Crippen LogP contribution in [-0.4, -0.2) is 51.9 Å². The Morgan fingerprint density at radius 3 is 1.38 bits per heavy atom. The van der Waals surface area contributed by atoms with Gasteiger partial charge in [0.25, 0.3) is 0 Å². The zero-order valence-corrected chi connectivity index (χ0v) is 14.1. The Morgan fingerprint density at radius 1 is 0.938 bits per heavy atom. The van der Waals surface area contributed by atoms with E-state index in [2.05, 4.69) is 51.0 Å². The molecular weight excluding hydrogens is 212 g/mol. The van der Waals surface area contributed by atoms with Crippen LogP contribution in [0.25, 0.3) is 0 Å². The van der Waals surface area contributed by atoms with Crippen molar-refractivity contribution in [3.05, 3.63) is 11.8 Å². The highest BCUT2D eigenvalue weighted by Gasteiger charge is 2.38. The van der Waals surface area contributed by atoms with Gasteiger partial charge in [0.2, 0.25) is 0 Å². The molecule has 2 nitrogen and oxygen atoms in total. The molecule has 0 heterocycles. The minimum Gasteiger partial charge on any atom is -0.283 e. The van der Waals surface area contributed by atoms with Crippen molar-refractivity contribution in [3.63, 3.8) is 0 Å². The first-order chi connectivity index (χ1) is 7.54. The van der Waals surface area contributed by atoms with Gasteiger partial charge in [0.1, 0.15) is 0 Å². The zero-order valence-electron chi connectivity index (χ0n) is 12.1. The van der Waals surface area contributed by atoms with Gasteiger partial charge in [-0.25, -0.2) is 0 Å².